The molecule has 1 aliphatic rings. The number of hydrogen-bond donors (Lipinski definition) is 1. The first-order valence-electron chi connectivity index (χ1n) is 7.13. The van der Waals surface area contributed by atoms with E-state index in [1.165, 1.54) is 0 Å². The van der Waals surface area contributed by atoms with Crippen LogP contribution in [0.2, 0.25) is 5.02 Å². The highest BCUT2D eigenvalue weighted by atomic mass is 35.5. The largest absolute Gasteiger partial charge is 0.489 e. The average molecular weight is 296 g/mol. The Kier molecular flexibility index (Phi) is 5.74. The zero-order valence-electron chi connectivity index (χ0n) is 12.1. The van der Waals surface area contributed by atoms with Gasteiger partial charge in [-0.3, -0.25) is 0 Å². The van der Waals surface area contributed by atoms with Gasteiger partial charge < -0.3 is 14.8 Å². The van der Waals surface area contributed by atoms with Crippen LogP contribution in [0.15, 0.2) is 18.2 Å². The highest BCUT2D eigenvalue weighted by Crippen LogP contribution is 2.38. The summed E-state index contributed by atoms with van der Waals surface area (Å²) in [7, 11) is 0. The smallest absolute Gasteiger partial charge is 0.179 e. The van der Waals surface area contributed by atoms with Crippen molar-refractivity contribution in [2.45, 2.75) is 20.3 Å². The van der Waals surface area contributed by atoms with Crippen LogP contribution in [0.25, 0.3) is 6.08 Å². The first kappa shape index (κ1) is 15.2. The first-order valence-corrected chi connectivity index (χ1v) is 7.51. The van der Waals surface area contributed by atoms with Crippen LogP contribution in [0, 0.1) is 5.92 Å². The number of rotatable bonds is 5. The zero-order chi connectivity index (χ0) is 14.4. The van der Waals surface area contributed by atoms with Crippen molar-refractivity contribution in [1.29, 1.82) is 0 Å². The molecule has 1 N–H and O–H groups in total. The summed E-state index contributed by atoms with van der Waals surface area (Å²) in [4.78, 5) is 0. The van der Waals surface area contributed by atoms with Crippen LogP contribution in [0.3, 0.4) is 0 Å². The van der Waals surface area contributed by atoms with Gasteiger partial charge in [0.15, 0.2) is 11.5 Å². The van der Waals surface area contributed by atoms with Crippen molar-refractivity contribution < 1.29 is 9.47 Å². The van der Waals surface area contributed by atoms with Crippen LogP contribution in [0.5, 0.6) is 11.5 Å². The number of fused-ring (bicyclic) bond motifs is 1. The average Bonchev–Trinajstić information content (AvgIpc) is 2.63. The van der Waals surface area contributed by atoms with Crippen molar-refractivity contribution in [2.24, 2.45) is 5.92 Å². The van der Waals surface area contributed by atoms with Crippen molar-refractivity contribution in [3.63, 3.8) is 0 Å². The van der Waals surface area contributed by atoms with Gasteiger partial charge in [-0.2, -0.15) is 0 Å². The van der Waals surface area contributed by atoms with Crippen LogP contribution in [-0.2, 0) is 0 Å². The second kappa shape index (κ2) is 7.55. The van der Waals surface area contributed by atoms with Gasteiger partial charge in [-0.05, 0) is 30.2 Å². The SMILES string of the molecule is CC(C)CNCC=Cc1cc(Cl)c2c(c1)OCCCO2. The van der Waals surface area contributed by atoms with Gasteiger partial charge in [-0.15, -0.1) is 0 Å². The maximum absolute atomic E-state index is 6.25. The Morgan fingerprint density at radius 3 is 2.90 bits per heavy atom. The Labute approximate surface area is 125 Å². The fraction of sp³-hybridized carbons (Fsp3) is 0.500. The molecule has 0 amide bonds. The minimum absolute atomic E-state index is 0.610. The highest BCUT2D eigenvalue weighted by molar-refractivity contribution is 6.32. The molecular formula is C16H22ClNO2. The van der Waals surface area contributed by atoms with Gasteiger partial charge in [0.25, 0.3) is 0 Å². The lowest BCUT2D eigenvalue weighted by Gasteiger charge is -2.10. The van der Waals surface area contributed by atoms with E-state index >= 15 is 0 Å². The van der Waals surface area contributed by atoms with E-state index in [-0.39, 0.29) is 0 Å². The topological polar surface area (TPSA) is 30.5 Å². The molecule has 0 bridgehead atoms. The van der Waals surface area contributed by atoms with Crippen LogP contribution in [0.1, 0.15) is 25.8 Å². The summed E-state index contributed by atoms with van der Waals surface area (Å²) in [6.45, 7) is 7.59. The lowest BCUT2D eigenvalue weighted by Crippen LogP contribution is -2.19. The fourth-order valence-electron chi connectivity index (χ4n) is 2.00. The van der Waals surface area contributed by atoms with Gasteiger partial charge in [0.05, 0.1) is 18.2 Å². The molecule has 0 saturated heterocycles. The molecule has 1 aromatic carbocycles. The molecule has 0 fully saturated rings. The summed E-state index contributed by atoms with van der Waals surface area (Å²) in [6, 6.07) is 3.89. The molecule has 1 aromatic rings. The molecule has 0 saturated carbocycles. The minimum atomic E-state index is 0.610. The van der Waals surface area contributed by atoms with Crippen molar-refractivity contribution in [3.8, 4) is 11.5 Å². The third-order valence-electron chi connectivity index (χ3n) is 2.95. The predicted molar refractivity (Wildman–Crippen MR) is 83.8 cm³/mol. The van der Waals surface area contributed by atoms with E-state index in [1.54, 1.807) is 0 Å². The monoisotopic (exact) mass is 295 g/mol. The standard InChI is InChI=1S/C16H22ClNO2/c1-12(2)11-18-6-3-5-13-9-14(17)16-15(10-13)19-7-4-8-20-16/h3,5,9-10,12,18H,4,6-8,11H2,1-2H3. The van der Waals surface area contributed by atoms with Crippen molar-refractivity contribution in [3.05, 3.63) is 28.8 Å². The van der Waals surface area contributed by atoms with Gasteiger partial charge >= 0.3 is 0 Å². The molecular weight excluding hydrogens is 274 g/mol. The molecule has 0 unspecified atom stereocenters. The van der Waals surface area contributed by atoms with E-state index in [0.717, 1.165) is 30.8 Å². The number of halogens is 1. The maximum Gasteiger partial charge on any atom is 0.179 e. The number of nitrogens with one attached hydrogen (secondary N) is 1. The fourth-order valence-corrected chi connectivity index (χ4v) is 2.27. The van der Waals surface area contributed by atoms with Gasteiger partial charge in [-0.1, -0.05) is 37.6 Å². The summed E-state index contributed by atoms with van der Waals surface area (Å²) in [5.41, 5.74) is 1.03. The molecule has 0 radical (unpaired) electrons. The van der Waals surface area contributed by atoms with Crippen LogP contribution >= 0.6 is 11.6 Å². The summed E-state index contributed by atoms with van der Waals surface area (Å²) < 4.78 is 11.3. The molecule has 3 nitrogen and oxygen atoms in total. The molecule has 2 rings (SSSR count). The second-order valence-corrected chi connectivity index (χ2v) is 5.74. The lowest BCUT2D eigenvalue weighted by molar-refractivity contribution is 0.297. The van der Waals surface area contributed by atoms with Crippen molar-refractivity contribution >= 4 is 17.7 Å². The van der Waals surface area contributed by atoms with Crippen molar-refractivity contribution in [2.75, 3.05) is 26.3 Å². The molecule has 0 aliphatic carbocycles. The number of hydrogen-bond acceptors (Lipinski definition) is 3. The maximum atomic E-state index is 6.25. The molecule has 110 valence electrons. The molecule has 1 aliphatic heterocycles. The van der Waals surface area contributed by atoms with Crippen LogP contribution < -0.4 is 14.8 Å². The van der Waals surface area contributed by atoms with E-state index in [4.69, 9.17) is 21.1 Å². The Balaban J connectivity index is 2.00. The first-order chi connectivity index (χ1) is 9.66. The van der Waals surface area contributed by atoms with Crippen LogP contribution in [0.4, 0.5) is 0 Å². The van der Waals surface area contributed by atoms with E-state index in [2.05, 4.69) is 25.2 Å². The summed E-state index contributed by atoms with van der Waals surface area (Å²) in [5.74, 6) is 2.07. The van der Waals surface area contributed by atoms with Crippen LogP contribution in [-0.4, -0.2) is 26.3 Å². The van der Waals surface area contributed by atoms with E-state index < -0.39 is 0 Å². The summed E-state index contributed by atoms with van der Waals surface area (Å²) >= 11 is 6.25. The Hall–Kier alpha value is -1.19. The molecule has 0 atom stereocenters. The quantitative estimate of drug-likeness (QED) is 0.839. The number of ether oxygens (including phenoxy) is 2. The van der Waals surface area contributed by atoms with E-state index in [9.17, 15) is 0 Å². The van der Waals surface area contributed by atoms with E-state index in [1.807, 2.05) is 18.2 Å². The molecule has 1 heterocycles. The minimum Gasteiger partial charge on any atom is -0.489 e. The highest BCUT2D eigenvalue weighted by Gasteiger charge is 2.14. The molecule has 0 spiro atoms. The number of benzene rings is 1. The van der Waals surface area contributed by atoms with Crippen molar-refractivity contribution in [1.82, 2.24) is 5.32 Å². The normalized spacial score (nSPS) is 14.8. The summed E-state index contributed by atoms with van der Waals surface area (Å²) in [5, 5.41) is 3.98. The predicted octanol–water partition coefficient (Wildman–Crippen LogP) is 3.76. The van der Waals surface area contributed by atoms with Gasteiger partial charge in [0, 0.05) is 13.0 Å². The molecule has 4 heteroatoms. The Morgan fingerprint density at radius 1 is 1.30 bits per heavy atom. The zero-order valence-corrected chi connectivity index (χ0v) is 12.9. The molecule has 0 aromatic heterocycles. The Morgan fingerprint density at radius 2 is 2.10 bits per heavy atom. The van der Waals surface area contributed by atoms with Gasteiger partial charge in [-0.25, -0.2) is 0 Å². The molecule has 20 heavy (non-hydrogen) atoms. The Bertz CT molecular complexity index is 472. The summed E-state index contributed by atoms with van der Waals surface area (Å²) in [6.07, 6.45) is 5.03. The third kappa shape index (κ3) is 4.43. The third-order valence-corrected chi connectivity index (χ3v) is 3.23. The van der Waals surface area contributed by atoms with Gasteiger partial charge in [0.1, 0.15) is 0 Å². The van der Waals surface area contributed by atoms with Gasteiger partial charge in [0.2, 0.25) is 0 Å². The van der Waals surface area contributed by atoms with E-state index in [0.29, 0.717) is 29.9 Å². The second-order valence-electron chi connectivity index (χ2n) is 5.33. The lowest BCUT2D eigenvalue weighted by atomic mass is 10.2.